The zero-order valence-corrected chi connectivity index (χ0v) is 16.0. The van der Waals surface area contributed by atoms with Crippen molar-refractivity contribution >= 4 is 33.0 Å². The maximum Gasteiger partial charge on any atom is 0.256 e. The summed E-state index contributed by atoms with van der Waals surface area (Å²) in [5.41, 5.74) is 2.43. The van der Waals surface area contributed by atoms with Crippen molar-refractivity contribution in [3.63, 3.8) is 0 Å². The molecule has 146 valence electrons. The van der Waals surface area contributed by atoms with Crippen LogP contribution in [0.1, 0.15) is 34.0 Å². The smallest absolute Gasteiger partial charge is 0.256 e. The first-order valence-electron chi connectivity index (χ1n) is 8.60. The Morgan fingerprint density at radius 2 is 1.89 bits per heavy atom. The fourth-order valence-corrected chi connectivity index (χ4v) is 4.66. The first-order chi connectivity index (χ1) is 13.1. The highest BCUT2D eigenvalue weighted by Gasteiger charge is 2.53. The molecule has 2 amide bonds. The highest BCUT2D eigenvalue weighted by Crippen LogP contribution is 2.44. The van der Waals surface area contributed by atoms with Crippen LogP contribution in [0.15, 0.2) is 30.3 Å². The van der Waals surface area contributed by atoms with Gasteiger partial charge in [-0.3, -0.25) is 9.59 Å². The van der Waals surface area contributed by atoms with E-state index in [4.69, 9.17) is 0 Å². The van der Waals surface area contributed by atoms with Gasteiger partial charge in [0, 0.05) is 41.8 Å². The molecule has 0 aromatic heterocycles. The number of halogens is 1. The highest BCUT2D eigenvalue weighted by molar-refractivity contribution is 7.92. The predicted octanol–water partition coefficient (Wildman–Crippen LogP) is 1.89. The average molecular weight is 403 g/mol. The molecule has 2 aliphatic heterocycles. The predicted molar refractivity (Wildman–Crippen MR) is 102 cm³/mol. The summed E-state index contributed by atoms with van der Waals surface area (Å²) in [4.78, 5) is 25.3. The summed E-state index contributed by atoms with van der Waals surface area (Å²) < 4.78 is 36.9. The molecular weight excluding hydrogens is 385 g/mol. The maximum absolute atomic E-state index is 14.1. The third-order valence-electron chi connectivity index (χ3n) is 5.34. The molecule has 0 bridgehead atoms. The van der Waals surface area contributed by atoms with E-state index in [0.717, 1.165) is 36.1 Å². The van der Waals surface area contributed by atoms with Crippen molar-refractivity contribution in [3.05, 3.63) is 58.4 Å². The lowest BCUT2D eigenvalue weighted by molar-refractivity contribution is -0.117. The van der Waals surface area contributed by atoms with Crippen molar-refractivity contribution < 1.29 is 22.4 Å². The molecule has 2 heterocycles. The van der Waals surface area contributed by atoms with Gasteiger partial charge in [-0.1, -0.05) is 6.07 Å². The Morgan fingerprint density at radius 1 is 1.18 bits per heavy atom. The topological polar surface area (TPSA) is 104 Å². The van der Waals surface area contributed by atoms with Crippen molar-refractivity contribution in [2.75, 3.05) is 16.9 Å². The van der Waals surface area contributed by atoms with Gasteiger partial charge in [0.25, 0.3) is 5.91 Å². The molecule has 0 unspecified atom stereocenters. The molecule has 0 radical (unpaired) electrons. The fraction of sp³-hybridized carbons (Fsp3) is 0.263. The van der Waals surface area contributed by atoms with E-state index in [9.17, 15) is 22.4 Å². The Kier molecular flexibility index (Phi) is 4.06. The highest BCUT2D eigenvalue weighted by atomic mass is 32.2. The maximum atomic E-state index is 14.1. The minimum atomic E-state index is -3.94. The number of benzene rings is 2. The SMILES string of the molecule is C[C@]1(S(C)(=O)=O)C(=O)Nc2cc(F)cc(C(=O)Nc3ccc4c(c3)CNC4)c21. The quantitative estimate of drug-likeness (QED) is 0.726. The second-order valence-electron chi connectivity index (χ2n) is 7.18. The minimum absolute atomic E-state index is 0.0128. The van der Waals surface area contributed by atoms with Gasteiger partial charge in [0.2, 0.25) is 5.91 Å². The molecule has 0 fully saturated rings. The number of hydrogen-bond donors (Lipinski definition) is 3. The van der Waals surface area contributed by atoms with Crippen LogP contribution in [-0.4, -0.2) is 26.5 Å². The van der Waals surface area contributed by atoms with Crippen LogP contribution in [0.3, 0.4) is 0 Å². The second-order valence-corrected chi connectivity index (χ2v) is 9.54. The van der Waals surface area contributed by atoms with Crippen LogP contribution in [-0.2, 0) is 32.5 Å². The Hall–Kier alpha value is -2.78. The summed E-state index contributed by atoms with van der Waals surface area (Å²) in [6.07, 6.45) is 0.917. The standard InChI is InChI=1S/C19H18FN3O4S/c1-19(28(2,26)27)16-14(6-12(20)7-15(16)23-18(19)25)17(24)22-13-4-3-10-8-21-9-11(10)5-13/h3-7,21H,8-9H2,1-2H3,(H,22,24)(H,23,25)/t19-/m1/s1. The summed E-state index contributed by atoms with van der Waals surface area (Å²) in [5.74, 6) is -2.25. The van der Waals surface area contributed by atoms with E-state index >= 15 is 0 Å². The molecule has 1 atom stereocenters. The summed E-state index contributed by atoms with van der Waals surface area (Å²) in [6.45, 7) is 2.65. The van der Waals surface area contributed by atoms with Gasteiger partial charge in [0.1, 0.15) is 5.82 Å². The van der Waals surface area contributed by atoms with E-state index in [-0.39, 0.29) is 16.8 Å². The van der Waals surface area contributed by atoms with Crippen LogP contribution >= 0.6 is 0 Å². The van der Waals surface area contributed by atoms with Gasteiger partial charge in [0.05, 0.1) is 0 Å². The van der Waals surface area contributed by atoms with Gasteiger partial charge in [-0.25, -0.2) is 12.8 Å². The van der Waals surface area contributed by atoms with Crippen molar-refractivity contribution in [3.8, 4) is 0 Å². The number of anilines is 2. The van der Waals surface area contributed by atoms with Crippen LogP contribution < -0.4 is 16.0 Å². The number of sulfone groups is 1. The van der Waals surface area contributed by atoms with E-state index < -0.39 is 32.2 Å². The molecule has 28 heavy (non-hydrogen) atoms. The van der Waals surface area contributed by atoms with Crippen molar-refractivity contribution in [2.45, 2.75) is 24.8 Å². The van der Waals surface area contributed by atoms with E-state index in [0.29, 0.717) is 12.2 Å². The molecule has 7 nitrogen and oxygen atoms in total. The van der Waals surface area contributed by atoms with Gasteiger partial charge >= 0.3 is 0 Å². The first-order valence-corrected chi connectivity index (χ1v) is 10.5. The van der Waals surface area contributed by atoms with Gasteiger partial charge in [0.15, 0.2) is 14.6 Å². The Balaban J connectivity index is 1.79. The minimum Gasteiger partial charge on any atom is -0.324 e. The largest absolute Gasteiger partial charge is 0.324 e. The zero-order valence-electron chi connectivity index (χ0n) is 15.2. The first kappa shape index (κ1) is 18.6. The van der Waals surface area contributed by atoms with E-state index in [1.807, 2.05) is 12.1 Å². The number of fused-ring (bicyclic) bond motifs is 2. The molecule has 3 N–H and O–H groups in total. The van der Waals surface area contributed by atoms with Crippen molar-refractivity contribution in [2.24, 2.45) is 0 Å². The average Bonchev–Trinajstić information content (AvgIpc) is 3.16. The number of carbonyl (C=O) groups is 2. The molecule has 4 rings (SSSR count). The second kappa shape index (κ2) is 6.11. The molecule has 9 heteroatoms. The Morgan fingerprint density at radius 3 is 2.61 bits per heavy atom. The molecule has 2 aliphatic rings. The molecule has 2 aromatic carbocycles. The third kappa shape index (κ3) is 2.70. The molecule has 0 saturated carbocycles. The Bertz CT molecular complexity index is 1150. The summed E-state index contributed by atoms with van der Waals surface area (Å²) in [6, 6.07) is 7.38. The summed E-state index contributed by atoms with van der Waals surface area (Å²) in [5, 5.41) is 8.26. The Labute approximate surface area is 161 Å². The number of hydrogen-bond acceptors (Lipinski definition) is 5. The van der Waals surface area contributed by atoms with Gasteiger partial charge < -0.3 is 16.0 Å². The van der Waals surface area contributed by atoms with E-state index in [1.165, 1.54) is 6.92 Å². The van der Waals surface area contributed by atoms with Crippen LogP contribution in [0.4, 0.5) is 15.8 Å². The lowest BCUT2D eigenvalue weighted by Gasteiger charge is -2.22. The number of carbonyl (C=O) groups excluding carboxylic acids is 2. The van der Waals surface area contributed by atoms with Gasteiger partial charge in [-0.05, 0) is 42.3 Å². The molecule has 0 spiro atoms. The van der Waals surface area contributed by atoms with Gasteiger partial charge in [-0.2, -0.15) is 0 Å². The summed E-state index contributed by atoms with van der Waals surface area (Å²) >= 11 is 0. The number of nitrogens with one attached hydrogen (secondary N) is 3. The van der Waals surface area contributed by atoms with Gasteiger partial charge in [-0.15, -0.1) is 0 Å². The van der Waals surface area contributed by atoms with Crippen LogP contribution in [0, 0.1) is 5.82 Å². The lowest BCUT2D eigenvalue weighted by atomic mass is 9.95. The van der Waals surface area contributed by atoms with Crippen LogP contribution in [0.25, 0.3) is 0 Å². The molecular formula is C19H18FN3O4S. The number of rotatable bonds is 3. The van der Waals surface area contributed by atoms with Crippen LogP contribution in [0.5, 0.6) is 0 Å². The molecule has 2 aromatic rings. The van der Waals surface area contributed by atoms with Crippen molar-refractivity contribution in [1.29, 1.82) is 0 Å². The number of amides is 2. The van der Waals surface area contributed by atoms with Crippen LogP contribution in [0.2, 0.25) is 0 Å². The van der Waals surface area contributed by atoms with Crippen molar-refractivity contribution in [1.82, 2.24) is 5.32 Å². The van der Waals surface area contributed by atoms with E-state index in [2.05, 4.69) is 16.0 Å². The summed E-state index contributed by atoms with van der Waals surface area (Å²) in [7, 11) is -3.94. The zero-order chi connectivity index (χ0) is 20.3. The lowest BCUT2D eigenvalue weighted by Crippen LogP contribution is -2.40. The monoisotopic (exact) mass is 403 g/mol. The fourth-order valence-electron chi connectivity index (χ4n) is 3.68. The third-order valence-corrected chi connectivity index (χ3v) is 7.22. The molecule has 0 saturated heterocycles. The molecule has 0 aliphatic carbocycles. The normalized spacial score (nSPS) is 20.5. The van der Waals surface area contributed by atoms with E-state index in [1.54, 1.807) is 6.07 Å².